The lowest BCUT2D eigenvalue weighted by atomic mass is 9.62. The van der Waals surface area contributed by atoms with Crippen LogP contribution < -0.4 is 0 Å². The lowest BCUT2D eigenvalue weighted by molar-refractivity contribution is -0.124. The first kappa shape index (κ1) is 9.19. The molecule has 1 aliphatic heterocycles. The molecule has 1 saturated heterocycles. The number of hydrogen-bond acceptors (Lipinski definition) is 3. The van der Waals surface area contributed by atoms with Crippen LogP contribution in [0.3, 0.4) is 0 Å². The summed E-state index contributed by atoms with van der Waals surface area (Å²) in [4.78, 5) is 10.9. The van der Waals surface area contributed by atoms with Crippen LogP contribution in [0.4, 0.5) is 0 Å². The zero-order valence-corrected chi connectivity index (χ0v) is 8.35. The van der Waals surface area contributed by atoms with Gasteiger partial charge in [-0.05, 0) is 25.2 Å². The summed E-state index contributed by atoms with van der Waals surface area (Å²) in [5.74, 6) is 0.641. The van der Waals surface area contributed by atoms with Crippen molar-refractivity contribution in [3.05, 3.63) is 0 Å². The highest BCUT2D eigenvalue weighted by atomic mass is 32.2. The maximum atomic E-state index is 11.2. The molecule has 4 heteroatoms. The van der Waals surface area contributed by atoms with Crippen LogP contribution in [0.2, 0.25) is 0 Å². The lowest BCUT2D eigenvalue weighted by Crippen LogP contribution is -2.39. The first-order chi connectivity index (χ1) is 6.08. The van der Waals surface area contributed by atoms with Gasteiger partial charge in [0.15, 0.2) is 9.84 Å². The van der Waals surface area contributed by atoms with E-state index in [1.807, 2.05) is 0 Å². The van der Waals surface area contributed by atoms with Crippen molar-refractivity contribution in [2.45, 2.75) is 25.7 Å². The van der Waals surface area contributed by atoms with Gasteiger partial charge in [0.05, 0.1) is 11.5 Å². The van der Waals surface area contributed by atoms with Gasteiger partial charge in [0.2, 0.25) is 0 Å². The topological polar surface area (TPSA) is 51.2 Å². The van der Waals surface area contributed by atoms with Crippen LogP contribution in [0.1, 0.15) is 25.7 Å². The molecule has 0 aromatic heterocycles. The largest absolute Gasteiger partial charge is 0.303 e. The minimum atomic E-state index is -2.82. The van der Waals surface area contributed by atoms with Crippen molar-refractivity contribution in [3.8, 4) is 0 Å². The lowest BCUT2D eigenvalue weighted by Gasteiger charge is -2.41. The van der Waals surface area contributed by atoms with Crippen molar-refractivity contribution >= 4 is 16.1 Å². The van der Waals surface area contributed by atoms with Gasteiger partial charge in [-0.3, -0.25) is 0 Å². The van der Waals surface area contributed by atoms with Crippen LogP contribution in [0, 0.1) is 11.3 Å². The molecule has 0 N–H and O–H groups in total. The number of sulfone groups is 1. The maximum Gasteiger partial charge on any atom is 0.150 e. The van der Waals surface area contributed by atoms with Crippen LogP contribution in [0.25, 0.3) is 0 Å². The van der Waals surface area contributed by atoms with Crippen LogP contribution in [-0.2, 0) is 14.6 Å². The Morgan fingerprint density at radius 2 is 2.00 bits per heavy atom. The highest BCUT2D eigenvalue weighted by Gasteiger charge is 2.48. The van der Waals surface area contributed by atoms with Gasteiger partial charge in [0.25, 0.3) is 0 Å². The normalized spacial score (nSPS) is 35.2. The molecular weight excluding hydrogens is 188 g/mol. The molecule has 1 saturated carbocycles. The van der Waals surface area contributed by atoms with E-state index in [2.05, 4.69) is 0 Å². The molecule has 2 rings (SSSR count). The standard InChI is InChI=1S/C9H14O3S/c10-7-9(3-1-4-9)8-2-5-13(11,12)6-8/h7-8H,1-6H2. The average Bonchev–Trinajstić information content (AvgIpc) is 2.30. The summed E-state index contributed by atoms with van der Waals surface area (Å²) in [5.41, 5.74) is -0.260. The van der Waals surface area contributed by atoms with E-state index in [1.165, 1.54) is 0 Å². The van der Waals surface area contributed by atoms with Crippen molar-refractivity contribution in [1.29, 1.82) is 0 Å². The summed E-state index contributed by atoms with van der Waals surface area (Å²) in [6, 6.07) is 0. The molecule has 0 amide bonds. The van der Waals surface area contributed by atoms with Gasteiger partial charge in [0, 0.05) is 5.41 Å². The average molecular weight is 202 g/mol. The van der Waals surface area contributed by atoms with E-state index < -0.39 is 9.84 Å². The smallest absolute Gasteiger partial charge is 0.150 e. The van der Waals surface area contributed by atoms with Gasteiger partial charge < -0.3 is 4.79 Å². The van der Waals surface area contributed by atoms with Gasteiger partial charge in [-0.25, -0.2) is 8.42 Å². The number of rotatable bonds is 2. The fourth-order valence-corrected chi connectivity index (χ4v) is 4.38. The highest BCUT2D eigenvalue weighted by Crippen LogP contribution is 2.49. The van der Waals surface area contributed by atoms with E-state index >= 15 is 0 Å². The second kappa shape index (κ2) is 2.80. The van der Waals surface area contributed by atoms with Gasteiger partial charge >= 0.3 is 0 Å². The summed E-state index contributed by atoms with van der Waals surface area (Å²) in [5, 5.41) is 0. The molecule has 0 radical (unpaired) electrons. The predicted molar refractivity (Wildman–Crippen MR) is 49.1 cm³/mol. The summed E-state index contributed by atoms with van der Waals surface area (Å²) in [6.07, 6.45) is 4.58. The fraction of sp³-hybridized carbons (Fsp3) is 0.889. The number of carbonyl (C=O) groups is 1. The molecule has 1 unspecified atom stereocenters. The van der Waals surface area contributed by atoms with Gasteiger partial charge in [0.1, 0.15) is 6.29 Å². The van der Waals surface area contributed by atoms with Gasteiger partial charge in [-0.15, -0.1) is 0 Å². The molecule has 13 heavy (non-hydrogen) atoms. The minimum absolute atomic E-state index is 0.115. The van der Waals surface area contributed by atoms with Crippen molar-refractivity contribution in [2.75, 3.05) is 11.5 Å². The molecule has 0 spiro atoms. The third kappa shape index (κ3) is 1.41. The molecule has 3 nitrogen and oxygen atoms in total. The molecule has 0 aromatic carbocycles. The second-order valence-corrected chi connectivity index (χ2v) is 6.53. The Kier molecular flexibility index (Phi) is 1.98. The van der Waals surface area contributed by atoms with E-state index in [0.717, 1.165) is 25.5 Å². The number of hydrogen-bond donors (Lipinski definition) is 0. The van der Waals surface area contributed by atoms with Crippen molar-refractivity contribution in [3.63, 3.8) is 0 Å². The van der Waals surface area contributed by atoms with Crippen LogP contribution in [0.5, 0.6) is 0 Å². The Morgan fingerprint density at radius 1 is 1.31 bits per heavy atom. The molecular formula is C9H14O3S. The Labute approximate surface area is 78.4 Å². The molecule has 0 aromatic rings. The Morgan fingerprint density at radius 3 is 2.31 bits per heavy atom. The second-order valence-electron chi connectivity index (χ2n) is 4.30. The predicted octanol–water partition coefficient (Wildman–Crippen LogP) is 0.790. The summed E-state index contributed by atoms with van der Waals surface area (Å²) >= 11 is 0. The van der Waals surface area contributed by atoms with E-state index in [1.54, 1.807) is 0 Å². The zero-order valence-electron chi connectivity index (χ0n) is 7.53. The molecule has 2 aliphatic rings. The van der Waals surface area contributed by atoms with Crippen molar-refractivity contribution < 1.29 is 13.2 Å². The molecule has 2 fully saturated rings. The molecule has 1 heterocycles. The summed E-state index contributed by atoms with van der Waals surface area (Å²) < 4.78 is 22.5. The first-order valence-electron chi connectivity index (χ1n) is 4.75. The number of aldehydes is 1. The Balaban J connectivity index is 2.14. The van der Waals surface area contributed by atoms with Crippen LogP contribution in [0.15, 0.2) is 0 Å². The molecule has 74 valence electrons. The molecule has 1 aliphatic carbocycles. The quantitative estimate of drug-likeness (QED) is 0.622. The van der Waals surface area contributed by atoms with E-state index in [-0.39, 0.29) is 22.8 Å². The van der Waals surface area contributed by atoms with Crippen molar-refractivity contribution in [2.24, 2.45) is 11.3 Å². The van der Waals surface area contributed by atoms with E-state index in [0.29, 0.717) is 6.42 Å². The monoisotopic (exact) mass is 202 g/mol. The maximum absolute atomic E-state index is 11.2. The first-order valence-corrected chi connectivity index (χ1v) is 6.57. The van der Waals surface area contributed by atoms with Gasteiger partial charge in [-0.1, -0.05) is 6.42 Å². The SMILES string of the molecule is O=CC1(C2CCS(=O)(=O)C2)CCC1. The van der Waals surface area contributed by atoms with Crippen LogP contribution in [-0.4, -0.2) is 26.2 Å². The summed E-state index contributed by atoms with van der Waals surface area (Å²) in [6.45, 7) is 0. The molecule has 0 bridgehead atoms. The fourth-order valence-electron chi connectivity index (χ4n) is 2.46. The highest BCUT2D eigenvalue weighted by molar-refractivity contribution is 7.91. The van der Waals surface area contributed by atoms with Crippen LogP contribution >= 0.6 is 0 Å². The Bertz CT molecular complexity index is 314. The third-order valence-electron chi connectivity index (χ3n) is 3.56. The third-order valence-corrected chi connectivity index (χ3v) is 5.33. The summed E-state index contributed by atoms with van der Waals surface area (Å²) in [7, 11) is -2.82. The van der Waals surface area contributed by atoms with Crippen molar-refractivity contribution in [1.82, 2.24) is 0 Å². The minimum Gasteiger partial charge on any atom is -0.303 e. The molecule has 1 atom stereocenters. The van der Waals surface area contributed by atoms with Gasteiger partial charge in [-0.2, -0.15) is 0 Å². The zero-order chi connectivity index (χ0) is 9.53. The number of carbonyl (C=O) groups excluding carboxylic acids is 1. The Hall–Kier alpha value is -0.380. The van der Waals surface area contributed by atoms with E-state index in [4.69, 9.17) is 0 Å². The van der Waals surface area contributed by atoms with E-state index in [9.17, 15) is 13.2 Å².